The van der Waals surface area contributed by atoms with Crippen LogP contribution in [0.5, 0.6) is 0 Å². The number of sulfone groups is 1. The van der Waals surface area contributed by atoms with Gasteiger partial charge in [0.25, 0.3) is 0 Å². The smallest absolute Gasteiger partial charge is 0.164 e. The van der Waals surface area contributed by atoms with Crippen LogP contribution in [0.4, 0.5) is 5.69 Å². The molecule has 0 radical (unpaired) electrons. The number of hydrogen-bond acceptors (Lipinski definition) is 3. The van der Waals surface area contributed by atoms with E-state index in [9.17, 15) is 8.42 Å². The number of rotatable bonds is 1. The Morgan fingerprint density at radius 2 is 1.37 bits per heavy atom. The van der Waals surface area contributed by atoms with E-state index in [2.05, 4.69) is 36.1 Å². The van der Waals surface area contributed by atoms with Crippen molar-refractivity contribution in [2.75, 3.05) is 18.0 Å². The summed E-state index contributed by atoms with van der Waals surface area (Å²) in [5, 5.41) is 0. The third-order valence-electron chi connectivity index (χ3n) is 4.00. The van der Waals surface area contributed by atoms with Crippen molar-refractivity contribution in [2.24, 2.45) is 0 Å². The SMILES string of the molecule is Cc1ccc(N2CC(C)(C)S(=O)(=O)C(C)(C)C2)cc1. The normalized spacial score (nSPS) is 24.2. The molecule has 3 nitrogen and oxygen atoms in total. The van der Waals surface area contributed by atoms with Gasteiger partial charge in [-0.1, -0.05) is 17.7 Å². The average molecular weight is 281 g/mol. The first kappa shape index (κ1) is 14.4. The van der Waals surface area contributed by atoms with Crippen LogP contribution in [0.25, 0.3) is 0 Å². The van der Waals surface area contributed by atoms with E-state index in [0.29, 0.717) is 13.1 Å². The second-order valence-electron chi connectivity index (χ2n) is 6.71. The van der Waals surface area contributed by atoms with Crippen molar-refractivity contribution in [3.05, 3.63) is 29.8 Å². The fourth-order valence-electron chi connectivity index (χ4n) is 2.83. The molecule has 1 heterocycles. The molecule has 1 aliphatic heterocycles. The minimum absolute atomic E-state index is 0.543. The predicted molar refractivity (Wildman–Crippen MR) is 80.5 cm³/mol. The molecule has 0 amide bonds. The maximum atomic E-state index is 12.6. The highest BCUT2D eigenvalue weighted by atomic mass is 32.2. The largest absolute Gasteiger partial charge is 0.368 e. The molecule has 0 atom stereocenters. The van der Waals surface area contributed by atoms with Crippen molar-refractivity contribution in [3.63, 3.8) is 0 Å². The molecule has 1 aromatic carbocycles. The molecule has 0 spiro atoms. The first-order chi connectivity index (χ1) is 8.57. The van der Waals surface area contributed by atoms with Crippen LogP contribution < -0.4 is 4.90 Å². The van der Waals surface area contributed by atoms with Gasteiger partial charge in [-0.15, -0.1) is 0 Å². The summed E-state index contributed by atoms with van der Waals surface area (Å²) < 4.78 is 23.7. The van der Waals surface area contributed by atoms with Crippen LogP contribution in [0.2, 0.25) is 0 Å². The van der Waals surface area contributed by atoms with Crippen LogP contribution in [0, 0.1) is 6.92 Å². The summed E-state index contributed by atoms with van der Waals surface area (Å²) in [6, 6.07) is 8.27. The van der Waals surface area contributed by atoms with Gasteiger partial charge in [-0.3, -0.25) is 0 Å². The Balaban J connectivity index is 2.40. The summed E-state index contributed by atoms with van der Waals surface area (Å²) in [5.41, 5.74) is 2.31. The van der Waals surface area contributed by atoms with Crippen LogP contribution in [-0.4, -0.2) is 31.0 Å². The molecular formula is C15H23NO2S. The Morgan fingerprint density at radius 3 is 1.79 bits per heavy atom. The fourth-order valence-corrected chi connectivity index (χ4v) is 4.98. The first-order valence-electron chi connectivity index (χ1n) is 6.63. The lowest BCUT2D eigenvalue weighted by Gasteiger charge is -2.47. The van der Waals surface area contributed by atoms with Gasteiger partial charge in [0.2, 0.25) is 0 Å². The van der Waals surface area contributed by atoms with E-state index in [4.69, 9.17) is 0 Å². The molecule has 0 saturated carbocycles. The molecule has 106 valence electrons. The quantitative estimate of drug-likeness (QED) is 0.794. The van der Waals surface area contributed by atoms with Gasteiger partial charge in [-0.2, -0.15) is 0 Å². The number of anilines is 1. The Labute approximate surface area is 116 Å². The van der Waals surface area contributed by atoms with E-state index < -0.39 is 19.3 Å². The summed E-state index contributed by atoms with van der Waals surface area (Å²) >= 11 is 0. The van der Waals surface area contributed by atoms with Crippen LogP contribution in [0.15, 0.2) is 24.3 Å². The summed E-state index contributed by atoms with van der Waals surface area (Å²) in [7, 11) is -3.13. The van der Waals surface area contributed by atoms with Crippen molar-refractivity contribution in [1.82, 2.24) is 0 Å². The second-order valence-corrected chi connectivity index (χ2v) is 9.93. The van der Waals surface area contributed by atoms with Gasteiger partial charge in [0.05, 0.1) is 9.49 Å². The maximum absolute atomic E-state index is 12.6. The van der Waals surface area contributed by atoms with Crippen molar-refractivity contribution < 1.29 is 8.42 Å². The molecular weight excluding hydrogens is 258 g/mol. The summed E-state index contributed by atoms with van der Waals surface area (Å²) in [5.74, 6) is 0. The van der Waals surface area contributed by atoms with E-state index in [0.717, 1.165) is 5.69 Å². The minimum Gasteiger partial charge on any atom is -0.368 e. The molecule has 1 aliphatic rings. The molecule has 0 aromatic heterocycles. The number of nitrogens with zero attached hydrogens (tertiary/aromatic N) is 1. The Bertz CT molecular complexity index is 547. The highest BCUT2D eigenvalue weighted by molar-refractivity contribution is 7.94. The topological polar surface area (TPSA) is 37.4 Å². The summed E-state index contributed by atoms with van der Waals surface area (Å²) in [4.78, 5) is 2.18. The van der Waals surface area contributed by atoms with Gasteiger partial charge in [0.15, 0.2) is 9.84 Å². The highest BCUT2D eigenvalue weighted by Crippen LogP contribution is 2.37. The molecule has 4 heteroatoms. The number of aryl methyl sites for hydroxylation is 1. The van der Waals surface area contributed by atoms with E-state index >= 15 is 0 Å². The Kier molecular flexibility index (Phi) is 3.21. The van der Waals surface area contributed by atoms with E-state index in [1.54, 1.807) is 0 Å². The fraction of sp³-hybridized carbons (Fsp3) is 0.600. The summed E-state index contributed by atoms with van der Waals surface area (Å²) in [6.07, 6.45) is 0. The third kappa shape index (κ3) is 2.27. The highest BCUT2D eigenvalue weighted by Gasteiger charge is 2.51. The predicted octanol–water partition coefficient (Wildman–Crippen LogP) is 2.79. The minimum atomic E-state index is -3.13. The third-order valence-corrected chi connectivity index (χ3v) is 7.17. The molecule has 19 heavy (non-hydrogen) atoms. The van der Waals surface area contributed by atoms with Crippen LogP contribution in [-0.2, 0) is 9.84 Å². The molecule has 1 saturated heterocycles. The molecule has 2 rings (SSSR count). The average Bonchev–Trinajstić information content (AvgIpc) is 2.26. The van der Waals surface area contributed by atoms with Crippen LogP contribution in [0.3, 0.4) is 0 Å². The van der Waals surface area contributed by atoms with Crippen molar-refractivity contribution in [2.45, 2.75) is 44.1 Å². The number of benzene rings is 1. The molecule has 0 bridgehead atoms. The lowest BCUT2D eigenvalue weighted by Crippen LogP contribution is -2.62. The molecule has 0 aliphatic carbocycles. The maximum Gasteiger partial charge on any atom is 0.164 e. The first-order valence-corrected chi connectivity index (χ1v) is 8.11. The van der Waals surface area contributed by atoms with Crippen molar-refractivity contribution >= 4 is 15.5 Å². The van der Waals surface area contributed by atoms with E-state index in [1.807, 2.05) is 27.7 Å². The van der Waals surface area contributed by atoms with E-state index in [1.165, 1.54) is 5.56 Å². The zero-order valence-electron chi connectivity index (χ0n) is 12.4. The molecule has 0 unspecified atom stereocenters. The standard InChI is InChI=1S/C15H23NO2S/c1-12-6-8-13(9-7-12)16-10-14(2,3)19(17,18)15(4,5)11-16/h6-9H,10-11H2,1-5H3. The zero-order valence-corrected chi connectivity index (χ0v) is 13.2. The second kappa shape index (κ2) is 4.23. The molecule has 1 aromatic rings. The van der Waals surface area contributed by atoms with Crippen molar-refractivity contribution in [3.8, 4) is 0 Å². The number of hydrogen-bond donors (Lipinski definition) is 0. The van der Waals surface area contributed by atoms with Gasteiger partial charge in [0, 0.05) is 18.8 Å². The zero-order chi connectivity index (χ0) is 14.5. The van der Waals surface area contributed by atoms with Crippen molar-refractivity contribution in [1.29, 1.82) is 0 Å². The van der Waals surface area contributed by atoms with Gasteiger partial charge in [-0.05, 0) is 46.8 Å². The Hall–Kier alpha value is -1.03. The van der Waals surface area contributed by atoms with Crippen LogP contribution in [0.1, 0.15) is 33.3 Å². The van der Waals surface area contributed by atoms with Gasteiger partial charge >= 0.3 is 0 Å². The Morgan fingerprint density at radius 1 is 0.947 bits per heavy atom. The molecule has 1 fully saturated rings. The van der Waals surface area contributed by atoms with Gasteiger partial charge in [-0.25, -0.2) is 8.42 Å². The lowest BCUT2D eigenvalue weighted by atomic mass is 10.1. The molecule has 0 N–H and O–H groups in total. The van der Waals surface area contributed by atoms with Gasteiger partial charge < -0.3 is 4.90 Å². The lowest BCUT2D eigenvalue weighted by molar-refractivity contribution is 0.460. The van der Waals surface area contributed by atoms with Gasteiger partial charge in [0.1, 0.15) is 0 Å². The van der Waals surface area contributed by atoms with Crippen LogP contribution >= 0.6 is 0 Å². The van der Waals surface area contributed by atoms with E-state index in [-0.39, 0.29) is 0 Å². The summed E-state index contributed by atoms with van der Waals surface area (Å²) in [6.45, 7) is 10.4. The monoisotopic (exact) mass is 281 g/mol.